The summed E-state index contributed by atoms with van der Waals surface area (Å²) in [6, 6.07) is 3.71. The fraction of sp³-hybridized carbons (Fsp3) is 0.462. The van der Waals surface area contributed by atoms with Gasteiger partial charge in [-0.3, -0.25) is 4.79 Å². The molecule has 0 aromatic carbocycles. The topological polar surface area (TPSA) is 77.2 Å². The van der Waals surface area contributed by atoms with E-state index in [0.29, 0.717) is 17.9 Å². The van der Waals surface area contributed by atoms with Crippen molar-refractivity contribution < 1.29 is 9.90 Å². The Morgan fingerprint density at radius 3 is 2.83 bits per heavy atom. The van der Waals surface area contributed by atoms with Crippen LogP contribution >= 0.6 is 0 Å². The van der Waals surface area contributed by atoms with Crippen LogP contribution in [-0.4, -0.2) is 28.6 Å². The summed E-state index contributed by atoms with van der Waals surface area (Å²) in [5, 5.41) is 18.0. The van der Waals surface area contributed by atoms with E-state index in [4.69, 9.17) is 5.11 Å². The predicted octanol–water partition coefficient (Wildman–Crippen LogP) is 1.95. The molecule has 0 aliphatic rings. The number of carbonyl (C=O) groups is 1. The SMILES string of the molecule is CCN(c1nccc(C)c1C#N)C(C)CC(=O)O. The monoisotopic (exact) mass is 247 g/mol. The minimum atomic E-state index is -0.855. The average molecular weight is 247 g/mol. The summed E-state index contributed by atoms with van der Waals surface area (Å²) in [6.45, 7) is 6.20. The molecule has 1 heterocycles. The molecule has 0 aliphatic carbocycles. The highest BCUT2D eigenvalue weighted by molar-refractivity contribution is 5.69. The van der Waals surface area contributed by atoms with Crippen molar-refractivity contribution in [1.29, 1.82) is 5.26 Å². The number of nitrogens with zero attached hydrogens (tertiary/aromatic N) is 3. The third kappa shape index (κ3) is 2.98. The Hall–Kier alpha value is -2.09. The van der Waals surface area contributed by atoms with Crippen LogP contribution in [0.3, 0.4) is 0 Å². The molecule has 0 bridgehead atoms. The van der Waals surface area contributed by atoms with E-state index in [1.807, 2.05) is 25.7 Å². The first-order valence-electron chi connectivity index (χ1n) is 5.85. The Labute approximate surface area is 107 Å². The second-order valence-electron chi connectivity index (χ2n) is 4.17. The molecule has 0 spiro atoms. The Morgan fingerprint density at radius 1 is 1.67 bits per heavy atom. The van der Waals surface area contributed by atoms with E-state index in [1.54, 1.807) is 12.3 Å². The van der Waals surface area contributed by atoms with E-state index in [-0.39, 0.29) is 12.5 Å². The number of rotatable bonds is 5. The lowest BCUT2D eigenvalue weighted by Crippen LogP contribution is -2.36. The molecular formula is C13H17N3O2. The minimum Gasteiger partial charge on any atom is -0.481 e. The van der Waals surface area contributed by atoms with Crippen LogP contribution in [0, 0.1) is 18.3 Å². The van der Waals surface area contributed by atoms with Crippen molar-refractivity contribution >= 4 is 11.8 Å². The molecule has 0 saturated carbocycles. The lowest BCUT2D eigenvalue weighted by Gasteiger charge is -2.29. The first-order valence-corrected chi connectivity index (χ1v) is 5.85. The summed E-state index contributed by atoms with van der Waals surface area (Å²) in [5.41, 5.74) is 1.36. The number of aryl methyl sites for hydroxylation is 1. The summed E-state index contributed by atoms with van der Waals surface area (Å²) in [7, 11) is 0. The molecule has 1 aromatic heterocycles. The molecule has 18 heavy (non-hydrogen) atoms. The molecule has 1 rings (SSSR count). The second-order valence-corrected chi connectivity index (χ2v) is 4.17. The summed E-state index contributed by atoms with van der Waals surface area (Å²) in [6.07, 6.45) is 1.66. The van der Waals surface area contributed by atoms with Gasteiger partial charge in [0, 0.05) is 18.8 Å². The van der Waals surface area contributed by atoms with Gasteiger partial charge in [-0.15, -0.1) is 0 Å². The largest absolute Gasteiger partial charge is 0.481 e. The minimum absolute atomic E-state index is 0.0222. The van der Waals surface area contributed by atoms with Crippen LogP contribution in [0.15, 0.2) is 12.3 Å². The standard InChI is InChI=1S/C13H17N3O2/c1-4-16(10(3)7-12(17)18)13-11(8-14)9(2)5-6-15-13/h5-6,10H,4,7H2,1-3H3,(H,17,18). The summed E-state index contributed by atoms with van der Waals surface area (Å²) < 4.78 is 0. The molecule has 1 aromatic rings. The number of carboxylic acids is 1. The number of aliphatic carboxylic acids is 1. The van der Waals surface area contributed by atoms with Crippen molar-refractivity contribution in [3.8, 4) is 6.07 Å². The van der Waals surface area contributed by atoms with E-state index < -0.39 is 5.97 Å². The molecule has 5 heteroatoms. The number of hydrogen-bond donors (Lipinski definition) is 1. The molecule has 0 saturated heterocycles. The van der Waals surface area contributed by atoms with Gasteiger partial charge in [0.1, 0.15) is 11.9 Å². The normalized spacial score (nSPS) is 11.7. The Kier molecular flexibility index (Phi) is 4.67. The van der Waals surface area contributed by atoms with Crippen LogP contribution in [0.1, 0.15) is 31.4 Å². The first kappa shape index (κ1) is 14.0. The fourth-order valence-electron chi connectivity index (χ4n) is 1.93. The van der Waals surface area contributed by atoms with Gasteiger partial charge in [-0.1, -0.05) is 0 Å². The van der Waals surface area contributed by atoms with Gasteiger partial charge in [-0.2, -0.15) is 5.26 Å². The van der Waals surface area contributed by atoms with E-state index in [0.717, 1.165) is 5.56 Å². The van der Waals surface area contributed by atoms with Gasteiger partial charge in [0.25, 0.3) is 0 Å². The molecule has 0 radical (unpaired) electrons. The fourth-order valence-corrected chi connectivity index (χ4v) is 1.93. The third-order valence-corrected chi connectivity index (χ3v) is 2.87. The molecule has 1 atom stereocenters. The lowest BCUT2D eigenvalue weighted by atomic mass is 10.1. The van der Waals surface area contributed by atoms with E-state index >= 15 is 0 Å². The second kappa shape index (κ2) is 6.01. The van der Waals surface area contributed by atoms with Crippen LogP contribution in [0.4, 0.5) is 5.82 Å². The van der Waals surface area contributed by atoms with Gasteiger partial charge in [0.2, 0.25) is 0 Å². The Morgan fingerprint density at radius 2 is 2.33 bits per heavy atom. The maximum atomic E-state index is 10.8. The number of anilines is 1. The van der Waals surface area contributed by atoms with E-state index in [9.17, 15) is 10.1 Å². The maximum absolute atomic E-state index is 10.8. The number of pyridine rings is 1. The zero-order valence-electron chi connectivity index (χ0n) is 10.8. The number of aromatic nitrogens is 1. The van der Waals surface area contributed by atoms with Crippen LogP contribution in [-0.2, 0) is 4.79 Å². The van der Waals surface area contributed by atoms with Crippen molar-refractivity contribution in [2.24, 2.45) is 0 Å². The average Bonchev–Trinajstić information content (AvgIpc) is 2.29. The molecule has 96 valence electrons. The third-order valence-electron chi connectivity index (χ3n) is 2.87. The van der Waals surface area contributed by atoms with Crippen LogP contribution in [0.2, 0.25) is 0 Å². The number of nitriles is 1. The highest BCUT2D eigenvalue weighted by atomic mass is 16.4. The van der Waals surface area contributed by atoms with Gasteiger partial charge in [-0.25, -0.2) is 4.98 Å². The molecular weight excluding hydrogens is 230 g/mol. The van der Waals surface area contributed by atoms with Gasteiger partial charge in [-0.05, 0) is 32.4 Å². The zero-order valence-corrected chi connectivity index (χ0v) is 10.8. The van der Waals surface area contributed by atoms with Crippen LogP contribution in [0.25, 0.3) is 0 Å². The van der Waals surface area contributed by atoms with Crippen molar-refractivity contribution in [3.05, 3.63) is 23.4 Å². The maximum Gasteiger partial charge on any atom is 0.305 e. The van der Waals surface area contributed by atoms with E-state index in [1.165, 1.54) is 0 Å². The highest BCUT2D eigenvalue weighted by Gasteiger charge is 2.20. The van der Waals surface area contributed by atoms with Gasteiger partial charge >= 0.3 is 5.97 Å². The van der Waals surface area contributed by atoms with Crippen molar-refractivity contribution in [1.82, 2.24) is 4.98 Å². The van der Waals surface area contributed by atoms with Gasteiger partial charge in [0.15, 0.2) is 0 Å². The molecule has 0 aliphatic heterocycles. The number of carboxylic acid groups (broad SMARTS) is 1. The van der Waals surface area contributed by atoms with Crippen molar-refractivity contribution in [3.63, 3.8) is 0 Å². The predicted molar refractivity (Wildman–Crippen MR) is 68.4 cm³/mol. The molecule has 0 fully saturated rings. The molecule has 1 N–H and O–H groups in total. The first-order chi connectivity index (χ1) is 8.51. The van der Waals surface area contributed by atoms with Crippen LogP contribution in [0.5, 0.6) is 0 Å². The summed E-state index contributed by atoms with van der Waals surface area (Å²) in [5.74, 6) is -0.291. The smallest absolute Gasteiger partial charge is 0.305 e. The zero-order chi connectivity index (χ0) is 13.7. The van der Waals surface area contributed by atoms with E-state index in [2.05, 4.69) is 11.1 Å². The van der Waals surface area contributed by atoms with Crippen LogP contribution < -0.4 is 4.90 Å². The quantitative estimate of drug-likeness (QED) is 0.860. The van der Waals surface area contributed by atoms with Gasteiger partial charge in [0.05, 0.1) is 12.0 Å². The molecule has 5 nitrogen and oxygen atoms in total. The summed E-state index contributed by atoms with van der Waals surface area (Å²) in [4.78, 5) is 16.8. The summed E-state index contributed by atoms with van der Waals surface area (Å²) >= 11 is 0. The Bertz CT molecular complexity index is 480. The highest BCUT2D eigenvalue weighted by Crippen LogP contribution is 2.22. The van der Waals surface area contributed by atoms with Crippen molar-refractivity contribution in [2.45, 2.75) is 33.2 Å². The molecule has 0 amide bonds. The van der Waals surface area contributed by atoms with Gasteiger partial charge < -0.3 is 10.0 Å². The van der Waals surface area contributed by atoms with Crippen molar-refractivity contribution in [2.75, 3.05) is 11.4 Å². The lowest BCUT2D eigenvalue weighted by molar-refractivity contribution is -0.137. The Balaban J connectivity index is 3.13. The molecule has 1 unspecified atom stereocenters. The number of hydrogen-bond acceptors (Lipinski definition) is 4.